The average molecular weight is 334 g/mol. The number of halogens is 2. The van der Waals surface area contributed by atoms with Gasteiger partial charge in [0.1, 0.15) is 11.6 Å². The van der Waals surface area contributed by atoms with Crippen LogP contribution in [0.5, 0.6) is 0 Å². The number of carbonyl (C=O) groups excluding carboxylic acids is 2. The molecule has 0 bridgehead atoms. The molecule has 0 fully saturated rings. The Balaban J connectivity index is 2.13. The molecule has 0 unspecified atom stereocenters. The van der Waals surface area contributed by atoms with Gasteiger partial charge in [-0.3, -0.25) is 9.59 Å². The Hall–Kier alpha value is -2.66. The molecule has 0 aromatic heterocycles. The Morgan fingerprint density at radius 3 is 2.48 bits per heavy atom. The van der Waals surface area contributed by atoms with Crippen LogP contribution in [0.3, 0.4) is 0 Å². The summed E-state index contributed by atoms with van der Waals surface area (Å²) in [5.41, 5.74) is 1.37. The molecule has 6 heteroatoms. The molecule has 2 N–H and O–H groups in total. The van der Waals surface area contributed by atoms with Gasteiger partial charge >= 0.3 is 0 Å². The molecule has 2 aromatic carbocycles. The summed E-state index contributed by atoms with van der Waals surface area (Å²) < 4.78 is 12.8. The van der Waals surface area contributed by atoms with Crippen molar-refractivity contribution in [2.24, 2.45) is 0 Å². The van der Waals surface area contributed by atoms with Crippen LogP contribution in [-0.4, -0.2) is 16.8 Å². The van der Waals surface area contributed by atoms with Gasteiger partial charge in [0.25, 0.3) is 5.91 Å². The minimum Gasteiger partial charge on any atom is -0.507 e. The van der Waals surface area contributed by atoms with Crippen LogP contribution in [0.2, 0.25) is 5.02 Å². The summed E-state index contributed by atoms with van der Waals surface area (Å²) in [6.45, 7) is 1.75. The second-order valence-electron chi connectivity index (χ2n) is 4.81. The fourth-order valence-electron chi connectivity index (χ4n) is 1.81. The van der Waals surface area contributed by atoms with Crippen LogP contribution in [0.1, 0.15) is 11.1 Å². The maximum Gasteiger partial charge on any atom is 0.296 e. The van der Waals surface area contributed by atoms with Gasteiger partial charge in [-0.15, -0.1) is 0 Å². The molecule has 0 aliphatic heterocycles. The summed E-state index contributed by atoms with van der Waals surface area (Å²) in [4.78, 5) is 23.7. The number of aliphatic hydroxyl groups is 1. The van der Waals surface area contributed by atoms with Gasteiger partial charge in [0.2, 0.25) is 5.78 Å². The van der Waals surface area contributed by atoms with E-state index < -0.39 is 23.3 Å². The normalized spacial score (nSPS) is 11.2. The van der Waals surface area contributed by atoms with Crippen LogP contribution in [0, 0.1) is 12.7 Å². The Labute approximate surface area is 137 Å². The predicted octanol–water partition coefficient (Wildman–Crippen LogP) is 3.89. The van der Waals surface area contributed by atoms with Gasteiger partial charge in [-0.1, -0.05) is 17.7 Å². The second-order valence-corrected chi connectivity index (χ2v) is 5.25. The zero-order valence-corrected chi connectivity index (χ0v) is 12.9. The van der Waals surface area contributed by atoms with Crippen molar-refractivity contribution in [3.63, 3.8) is 0 Å². The molecule has 2 aromatic rings. The smallest absolute Gasteiger partial charge is 0.296 e. The number of hydrogen-bond acceptors (Lipinski definition) is 3. The quantitative estimate of drug-likeness (QED) is 0.506. The van der Waals surface area contributed by atoms with E-state index >= 15 is 0 Å². The standard InChI is InChI=1S/C17H13ClFNO3/c1-10-2-5-12(18)8-14(10)20-17(23)16(22)9-15(21)11-3-6-13(19)7-4-11/h2-9,21H,1H3,(H,20,23). The summed E-state index contributed by atoms with van der Waals surface area (Å²) in [5, 5.41) is 12.7. The average Bonchev–Trinajstić information content (AvgIpc) is 2.51. The lowest BCUT2D eigenvalue weighted by molar-refractivity contribution is -0.131. The molecule has 1 amide bonds. The van der Waals surface area contributed by atoms with Crippen LogP contribution < -0.4 is 5.32 Å². The number of rotatable bonds is 4. The van der Waals surface area contributed by atoms with E-state index in [1.165, 1.54) is 18.2 Å². The molecule has 0 aliphatic carbocycles. The lowest BCUT2D eigenvalue weighted by atomic mass is 10.1. The van der Waals surface area contributed by atoms with E-state index in [-0.39, 0.29) is 5.56 Å². The third kappa shape index (κ3) is 4.40. The highest BCUT2D eigenvalue weighted by molar-refractivity contribution is 6.45. The van der Waals surface area contributed by atoms with Gasteiger partial charge in [0.05, 0.1) is 0 Å². The van der Waals surface area contributed by atoms with Crippen molar-refractivity contribution in [3.05, 3.63) is 70.5 Å². The highest BCUT2D eigenvalue weighted by Crippen LogP contribution is 2.20. The Kier molecular flexibility index (Phi) is 5.13. The van der Waals surface area contributed by atoms with Crippen LogP contribution in [0.4, 0.5) is 10.1 Å². The number of hydrogen-bond donors (Lipinski definition) is 2. The first-order valence-electron chi connectivity index (χ1n) is 6.65. The highest BCUT2D eigenvalue weighted by Gasteiger charge is 2.14. The fourth-order valence-corrected chi connectivity index (χ4v) is 1.98. The number of anilines is 1. The number of amides is 1. The van der Waals surface area contributed by atoms with Crippen LogP contribution >= 0.6 is 11.6 Å². The highest BCUT2D eigenvalue weighted by atomic mass is 35.5. The van der Waals surface area contributed by atoms with Crippen molar-refractivity contribution in [1.82, 2.24) is 0 Å². The molecule has 0 saturated heterocycles. The molecule has 2 rings (SSSR count). The van der Waals surface area contributed by atoms with E-state index in [0.29, 0.717) is 10.7 Å². The topological polar surface area (TPSA) is 66.4 Å². The monoisotopic (exact) mass is 333 g/mol. The number of nitrogens with one attached hydrogen (secondary N) is 1. The molecule has 0 heterocycles. The zero-order valence-electron chi connectivity index (χ0n) is 12.1. The van der Waals surface area contributed by atoms with Gasteiger partial charge in [0.15, 0.2) is 0 Å². The summed E-state index contributed by atoms with van der Waals surface area (Å²) in [5.74, 6) is -2.75. The van der Waals surface area contributed by atoms with E-state index in [0.717, 1.165) is 23.8 Å². The number of ketones is 1. The second kappa shape index (κ2) is 7.07. The van der Waals surface area contributed by atoms with Crippen molar-refractivity contribution in [1.29, 1.82) is 0 Å². The Morgan fingerprint density at radius 2 is 1.83 bits per heavy atom. The maximum atomic E-state index is 12.8. The molecule has 4 nitrogen and oxygen atoms in total. The molecule has 0 atom stereocenters. The largest absolute Gasteiger partial charge is 0.507 e. The molecule has 0 spiro atoms. The molecule has 0 radical (unpaired) electrons. The third-order valence-corrected chi connectivity index (χ3v) is 3.31. The van der Waals surface area contributed by atoms with E-state index in [4.69, 9.17) is 11.6 Å². The lowest BCUT2D eigenvalue weighted by Gasteiger charge is -2.07. The Bertz CT molecular complexity index is 785. The minimum absolute atomic E-state index is 0.228. The number of aliphatic hydroxyl groups excluding tert-OH is 1. The lowest BCUT2D eigenvalue weighted by Crippen LogP contribution is -2.21. The molecule has 23 heavy (non-hydrogen) atoms. The van der Waals surface area contributed by atoms with E-state index in [9.17, 15) is 19.1 Å². The zero-order chi connectivity index (χ0) is 17.0. The molecule has 0 aliphatic rings. The molecular weight excluding hydrogens is 321 g/mol. The van der Waals surface area contributed by atoms with Crippen LogP contribution in [-0.2, 0) is 9.59 Å². The summed E-state index contributed by atoms with van der Waals surface area (Å²) >= 11 is 5.84. The van der Waals surface area contributed by atoms with Gasteiger partial charge in [-0.2, -0.15) is 0 Å². The molecule has 118 valence electrons. The summed E-state index contributed by atoms with van der Waals surface area (Å²) in [7, 11) is 0. The summed E-state index contributed by atoms with van der Waals surface area (Å²) in [6, 6.07) is 9.76. The van der Waals surface area contributed by atoms with Gasteiger partial charge < -0.3 is 10.4 Å². The maximum absolute atomic E-state index is 12.8. The van der Waals surface area contributed by atoms with Crippen molar-refractivity contribution < 1.29 is 19.1 Å². The molecular formula is C17H13ClFNO3. The van der Waals surface area contributed by atoms with Crippen molar-refractivity contribution >= 4 is 34.7 Å². The first-order chi connectivity index (χ1) is 10.9. The van der Waals surface area contributed by atoms with Crippen molar-refractivity contribution in [2.45, 2.75) is 6.92 Å². The number of benzene rings is 2. The van der Waals surface area contributed by atoms with Gasteiger partial charge in [-0.05, 0) is 48.9 Å². The van der Waals surface area contributed by atoms with Crippen LogP contribution in [0.25, 0.3) is 5.76 Å². The van der Waals surface area contributed by atoms with Gasteiger partial charge in [0, 0.05) is 22.3 Å². The Morgan fingerprint density at radius 1 is 1.17 bits per heavy atom. The van der Waals surface area contributed by atoms with Gasteiger partial charge in [-0.25, -0.2) is 4.39 Å². The summed E-state index contributed by atoms with van der Waals surface area (Å²) in [6.07, 6.45) is 0.780. The SMILES string of the molecule is Cc1ccc(Cl)cc1NC(=O)C(=O)C=C(O)c1ccc(F)cc1. The van der Waals surface area contributed by atoms with E-state index in [1.807, 2.05) is 0 Å². The van der Waals surface area contributed by atoms with E-state index in [2.05, 4.69) is 5.32 Å². The first kappa shape index (κ1) is 16.7. The van der Waals surface area contributed by atoms with Crippen LogP contribution in [0.15, 0.2) is 48.5 Å². The fraction of sp³-hybridized carbons (Fsp3) is 0.0588. The third-order valence-electron chi connectivity index (χ3n) is 3.08. The molecule has 0 saturated carbocycles. The van der Waals surface area contributed by atoms with Crippen molar-refractivity contribution in [2.75, 3.05) is 5.32 Å². The predicted molar refractivity (Wildman–Crippen MR) is 86.8 cm³/mol. The number of carbonyl (C=O) groups is 2. The number of aryl methyl sites for hydroxylation is 1. The van der Waals surface area contributed by atoms with Crippen molar-refractivity contribution in [3.8, 4) is 0 Å². The first-order valence-corrected chi connectivity index (χ1v) is 7.02. The van der Waals surface area contributed by atoms with E-state index in [1.54, 1.807) is 19.1 Å². The minimum atomic E-state index is -0.939.